The van der Waals surface area contributed by atoms with Crippen LogP contribution in [0.25, 0.3) is 0 Å². The fraction of sp³-hybridized carbons (Fsp3) is 0.0714. The lowest BCUT2D eigenvalue weighted by Gasteiger charge is -2.10. The second-order valence-electron chi connectivity index (χ2n) is 3.96. The van der Waals surface area contributed by atoms with Crippen molar-refractivity contribution in [2.75, 3.05) is 0 Å². The van der Waals surface area contributed by atoms with Gasteiger partial charge in [0.1, 0.15) is 12.4 Å². The van der Waals surface area contributed by atoms with Crippen LogP contribution in [0, 0.1) is 0 Å². The van der Waals surface area contributed by atoms with Crippen molar-refractivity contribution in [1.82, 2.24) is 0 Å². The predicted molar refractivity (Wildman–Crippen MR) is 81.6 cm³/mol. The summed E-state index contributed by atoms with van der Waals surface area (Å²) in [5.74, 6) is 0.521. The van der Waals surface area contributed by atoms with Crippen LogP contribution >= 0.6 is 34.8 Å². The van der Waals surface area contributed by atoms with Crippen LogP contribution in [0.15, 0.2) is 41.6 Å². The van der Waals surface area contributed by atoms with E-state index in [4.69, 9.17) is 44.7 Å². The molecule has 0 aliphatic carbocycles. The summed E-state index contributed by atoms with van der Waals surface area (Å²) in [5.41, 5.74) is 1.49. The Labute approximate surface area is 131 Å². The summed E-state index contributed by atoms with van der Waals surface area (Å²) in [6, 6.07) is 10.3. The van der Waals surface area contributed by atoms with Crippen molar-refractivity contribution in [2.24, 2.45) is 5.16 Å². The second kappa shape index (κ2) is 6.84. The molecule has 20 heavy (non-hydrogen) atoms. The van der Waals surface area contributed by atoms with Crippen LogP contribution < -0.4 is 4.74 Å². The number of hydrogen-bond donors (Lipinski definition) is 1. The molecular weight excluding hydrogens is 321 g/mol. The van der Waals surface area contributed by atoms with Crippen molar-refractivity contribution in [3.05, 3.63) is 62.6 Å². The van der Waals surface area contributed by atoms with Crippen molar-refractivity contribution in [3.8, 4) is 5.75 Å². The van der Waals surface area contributed by atoms with Crippen LogP contribution in [0.3, 0.4) is 0 Å². The first-order chi connectivity index (χ1) is 9.60. The van der Waals surface area contributed by atoms with Crippen molar-refractivity contribution in [3.63, 3.8) is 0 Å². The minimum atomic E-state index is 0.281. The lowest BCUT2D eigenvalue weighted by Crippen LogP contribution is -1.97. The predicted octanol–water partition coefficient (Wildman–Crippen LogP) is 5.03. The Kier molecular flexibility index (Phi) is 5.12. The highest BCUT2D eigenvalue weighted by atomic mass is 35.5. The average Bonchev–Trinajstić information content (AvgIpc) is 2.40. The molecule has 0 spiro atoms. The largest absolute Gasteiger partial charge is 0.487 e. The van der Waals surface area contributed by atoms with Crippen LogP contribution in [-0.4, -0.2) is 11.4 Å². The van der Waals surface area contributed by atoms with Crippen molar-refractivity contribution in [1.29, 1.82) is 0 Å². The number of rotatable bonds is 4. The minimum Gasteiger partial charge on any atom is -0.487 e. The zero-order chi connectivity index (χ0) is 14.5. The van der Waals surface area contributed by atoms with Gasteiger partial charge in [0.2, 0.25) is 0 Å². The van der Waals surface area contributed by atoms with Gasteiger partial charge in [-0.05, 0) is 35.9 Å². The van der Waals surface area contributed by atoms with Crippen LogP contribution in [0.4, 0.5) is 0 Å². The highest BCUT2D eigenvalue weighted by molar-refractivity contribution is 6.35. The van der Waals surface area contributed by atoms with Gasteiger partial charge in [0.15, 0.2) is 0 Å². The lowest BCUT2D eigenvalue weighted by molar-refractivity contribution is 0.306. The van der Waals surface area contributed by atoms with Gasteiger partial charge in [-0.15, -0.1) is 0 Å². The van der Waals surface area contributed by atoms with E-state index in [9.17, 15) is 0 Å². The number of benzene rings is 2. The first-order valence-electron chi connectivity index (χ1n) is 5.64. The third kappa shape index (κ3) is 3.79. The van der Waals surface area contributed by atoms with Gasteiger partial charge in [-0.1, -0.05) is 46.0 Å². The molecule has 1 N–H and O–H groups in total. The fourth-order valence-corrected chi connectivity index (χ4v) is 2.28. The monoisotopic (exact) mass is 329 g/mol. The lowest BCUT2D eigenvalue weighted by atomic mass is 10.2. The molecule has 2 aromatic rings. The third-order valence-corrected chi connectivity index (χ3v) is 3.44. The molecule has 0 unspecified atom stereocenters. The van der Waals surface area contributed by atoms with Gasteiger partial charge in [0.25, 0.3) is 0 Å². The molecule has 2 aromatic carbocycles. The SMILES string of the molecule is O/N=C\c1ccc(OCc2ccc(Cl)cc2Cl)c(Cl)c1. The van der Waals surface area contributed by atoms with Crippen LogP contribution in [0.1, 0.15) is 11.1 Å². The molecule has 0 saturated heterocycles. The second-order valence-corrected chi connectivity index (χ2v) is 5.21. The summed E-state index contributed by atoms with van der Waals surface area (Å²) in [6.07, 6.45) is 1.28. The highest BCUT2D eigenvalue weighted by Gasteiger charge is 2.06. The quantitative estimate of drug-likeness (QED) is 0.485. The maximum atomic E-state index is 8.45. The van der Waals surface area contributed by atoms with E-state index in [-0.39, 0.29) is 6.61 Å². The van der Waals surface area contributed by atoms with Crippen molar-refractivity contribution >= 4 is 41.0 Å². The summed E-state index contributed by atoms with van der Waals surface area (Å²) in [6.45, 7) is 0.281. The maximum Gasteiger partial charge on any atom is 0.138 e. The average molecular weight is 331 g/mol. The molecule has 0 heterocycles. The molecule has 0 saturated carbocycles. The van der Waals surface area contributed by atoms with Crippen molar-refractivity contribution < 1.29 is 9.94 Å². The zero-order valence-corrected chi connectivity index (χ0v) is 12.5. The van der Waals surface area contributed by atoms with E-state index in [1.165, 1.54) is 6.21 Å². The Balaban J connectivity index is 2.11. The smallest absolute Gasteiger partial charge is 0.138 e. The summed E-state index contributed by atoms with van der Waals surface area (Å²) in [4.78, 5) is 0. The molecule has 0 radical (unpaired) electrons. The summed E-state index contributed by atoms with van der Waals surface area (Å²) in [7, 11) is 0. The van der Waals surface area contributed by atoms with E-state index in [1.807, 2.05) is 0 Å². The first kappa shape index (κ1) is 15.0. The normalized spacial score (nSPS) is 10.9. The molecule has 2 rings (SSSR count). The molecule has 0 fully saturated rings. The molecule has 104 valence electrons. The van der Waals surface area contributed by atoms with Gasteiger partial charge in [0, 0.05) is 15.6 Å². The van der Waals surface area contributed by atoms with Crippen LogP contribution in [-0.2, 0) is 6.61 Å². The summed E-state index contributed by atoms with van der Waals surface area (Å²) < 4.78 is 5.61. The molecule has 3 nitrogen and oxygen atoms in total. The van der Waals surface area contributed by atoms with Crippen LogP contribution in [0.2, 0.25) is 15.1 Å². The van der Waals surface area contributed by atoms with Crippen LogP contribution in [0.5, 0.6) is 5.75 Å². The number of hydrogen-bond acceptors (Lipinski definition) is 3. The van der Waals surface area contributed by atoms with E-state index in [0.717, 1.165) is 5.56 Å². The Morgan fingerprint density at radius 1 is 1.05 bits per heavy atom. The first-order valence-corrected chi connectivity index (χ1v) is 6.77. The Morgan fingerprint density at radius 3 is 2.50 bits per heavy atom. The molecule has 6 heteroatoms. The van der Waals surface area contributed by atoms with E-state index in [1.54, 1.807) is 36.4 Å². The van der Waals surface area contributed by atoms with Gasteiger partial charge >= 0.3 is 0 Å². The number of halogens is 3. The van der Waals surface area contributed by atoms with Crippen molar-refractivity contribution in [2.45, 2.75) is 6.61 Å². The summed E-state index contributed by atoms with van der Waals surface area (Å²) >= 11 is 18.0. The van der Waals surface area contributed by atoms with E-state index in [0.29, 0.717) is 26.4 Å². The third-order valence-electron chi connectivity index (χ3n) is 2.56. The van der Waals surface area contributed by atoms with Gasteiger partial charge in [-0.2, -0.15) is 0 Å². The molecular formula is C14H10Cl3NO2. The van der Waals surface area contributed by atoms with E-state index in [2.05, 4.69) is 5.16 Å². The molecule has 0 aromatic heterocycles. The summed E-state index contributed by atoms with van der Waals surface area (Å²) in [5, 5.41) is 12.9. The Morgan fingerprint density at radius 2 is 1.85 bits per heavy atom. The van der Waals surface area contributed by atoms with E-state index < -0.39 is 0 Å². The highest BCUT2D eigenvalue weighted by Crippen LogP contribution is 2.27. The zero-order valence-electron chi connectivity index (χ0n) is 10.2. The Hall–Kier alpha value is -1.42. The molecule has 0 aliphatic rings. The number of nitrogens with zero attached hydrogens (tertiary/aromatic N) is 1. The molecule has 0 atom stereocenters. The van der Waals surface area contributed by atoms with E-state index >= 15 is 0 Å². The standard InChI is InChI=1S/C14H10Cl3NO2/c15-11-3-2-10(12(16)6-11)8-20-14-4-1-9(7-18-19)5-13(14)17/h1-7,19H,8H2/b18-7-. The number of oxime groups is 1. The minimum absolute atomic E-state index is 0.281. The Bertz CT molecular complexity index is 644. The van der Waals surface area contributed by atoms with Gasteiger partial charge in [-0.3, -0.25) is 0 Å². The maximum absolute atomic E-state index is 8.45. The van der Waals surface area contributed by atoms with Gasteiger partial charge in [0.05, 0.1) is 11.2 Å². The number of ether oxygens (including phenoxy) is 1. The molecule has 0 aliphatic heterocycles. The molecule has 0 amide bonds. The topological polar surface area (TPSA) is 41.8 Å². The van der Waals surface area contributed by atoms with Gasteiger partial charge in [-0.25, -0.2) is 0 Å². The molecule has 0 bridgehead atoms. The van der Waals surface area contributed by atoms with Gasteiger partial charge < -0.3 is 9.94 Å². The fourth-order valence-electron chi connectivity index (χ4n) is 1.58.